The van der Waals surface area contributed by atoms with Crippen molar-refractivity contribution in [1.29, 1.82) is 0 Å². The average Bonchev–Trinajstić information content (AvgIpc) is 2.47. The number of hydrogen-bond acceptors (Lipinski definition) is 3. The van der Waals surface area contributed by atoms with E-state index in [0.717, 1.165) is 18.5 Å². The molecule has 0 saturated carbocycles. The molecule has 1 N–H and O–H groups in total. The van der Waals surface area contributed by atoms with Crippen LogP contribution in [-0.4, -0.2) is 18.6 Å². The summed E-state index contributed by atoms with van der Waals surface area (Å²) in [7, 11) is 0. The molecule has 0 spiro atoms. The van der Waals surface area contributed by atoms with Gasteiger partial charge in [-0.1, -0.05) is 44.4 Å². The van der Waals surface area contributed by atoms with Gasteiger partial charge in [-0.2, -0.15) is 0 Å². The first-order valence-electron chi connectivity index (χ1n) is 7.77. The molecule has 1 aromatic rings. The minimum Gasteiger partial charge on any atom is -0.464 e. The summed E-state index contributed by atoms with van der Waals surface area (Å²) in [5.74, 6) is 0.235. The molecule has 0 unspecified atom stereocenters. The fourth-order valence-electron chi connectivity index (χ4n) is 2.93. The first kappa shape index (κ1) is 14.9. The topological polar surface area (TPSA) is 38.3 Å². The van der Waals surface area contributed by atoms with Crippen LogP contribution in [0, 0.1) is 5.92 Å². The van der Waals surface area contributed by atoms with Crippen LogP contribution in [0.3, 0.4) is 0 Å². The summed E-state index contributed by atoms with van der Waals surface area (Å²) in [5, 5.41) is 3.38. The van der Waals surface area contributed by atoms with Gasteiger partial charge in [0.2, 0.25) is 0 Å². The number of unbranched alkanes of at least 4 members (excludes halogenated alkanes) is 2. The molecule has 0 amide bonds. The Labute approximate surface area is 121 Å². The zero-order valence-electron chi connectivity index (χ0n) is 12.5. The van der Waals surface area contributed by atoms with Gasteiger partial charge in [0.05, 0.1) is 6.61 Å². The van der Waals surface area contributed by atoms with Crippen molar-refractivity contribution < 1.29 is 9.53 Å². The molecule has 110 valence electrons. The molecule has 0 aliphatic carbocycles. The van der Waals surface area contributed by atoms with E-state index in [-0.39, 0.29) is 12.0 Å². The number of fused-ring (bicyclic) bond motifs is 1. The van der Waals surface area contributed by atoms with E-state index in [9.17, 15) is 4.79 Å². The Balaban J connectivity index is 2.11. The van der Waals surface area contributed by atoms with Crippen LogP contribution in [0.4, 0.5) is 5.69 Å². The molecular weight excluding hydrogens is 250 g/mol. The summed E-state index contributed by atoms with van der Waals surface area (Å²) < 4.78 is 5.23. The standard InChI is InChI=1S/C17H25NO2/c1-3-5-6-10-14-12-13-9-7-8-11-15(13)18-16(14)17(19)20-4-2/h7-9,11,14,16,18H,3-6,10,12H2,1-2H3/t14-,16+/m1/s1. The monoisotopic (exact) mass is 275 g/mol. The van der Waals surface area contributed by atoms with E-state index in [2.05, 4.69) is 24.4 Å². The third-order valence-corrected chi connectivity index (χ3v) is 4.00. The summed E-state index contributed by atoms with van der Waals surface area (Å²) in [4.78, 5) is 12.2. The van der Waals surface area contributed by atoms with Crippen LogP contribution in [0.1, 0.15) is 45.1 Å². The van der Waals surface area contributed by atoms with Gasteiger partial charge in [-0.15, -0.1) is 0 Å². The van der Waals surface area contributed by atoms with Gasteiger partial charge < -0.3 is 10.1 Å². The predicted molar refractivity (Wildman–Crippen MR) is 81.8 cm³/mol. The van der Waals surface area contributed by atoms with E-state index in [4.69, 9.17) is 4.74 Å². The Hall–Kier alpha value is -1.51. The van der Waals surface area contributed by atoms with Crippen LogP contribution < -0.4 is 5.32 Å². The average molecular weight is 275 g/mol. The smallest absolute Gasteiger partial charge is 0.328 e. The number of rotatable bonds is 6. The molecule has 1 aliphatic heterocycles. The van der Waals surface area contributed by atoms with Crippen LogP contribution in [0.5, 0.6) is 0 Å². The molecule has 0 bridgehead atoms. The lowest BCUT2D eigenvalue weighted by Gasteiger charge is -2.33. The van der Waals surface area contributed by atoms with Crippen molar-refractivity contribution in [2.75, 3.05) is 11.9 Å². The Morgan fingerprint density at radius 2 is 2.10 bits per heavy atom. The highest BCUT2D eigenvalue weighted by Gasteiger charge is 2.33. The second kappa shape index (κ2) is 7.32. The largest absolute Gasteiger partial charge is 0.464 e. The van der Waals surface area contributed by atoms with Crippen LogP contribution in [0.2, 0.25) is 0 Å². The summed E-state index contributed by atoms with van der Waals surface area (Å²) >= 11 is 0. The van der Waals surface area contributed by atoms with E-state index in [0.29, 0.717) is 12.5 Å². The zero-order chi connectivity index (χ0) is 14.4. The minimum absolute atomic E-state index is 0.108. The number of nitrogens with one attached hydrogen (secondary N) is 1. The van der Waals surface area contributed by atoms with Crippen molar-refractivity contribution in [2.24, 2.45) is 5.92 Å². The SMILES string of the molecule is CCCCC[C@@H]1Cc2ccccc2N[C@@H]1C(=O)OCC. The highest BCUT2D eigenvalue weighted by molar-refractivity contribution is 5.81. The van der Waals surface area contributed by atoms with Gasteiger partial charge in [0, 0.05) is 5.69 Å². The lowest BCUT2D eigenvalue weighted by molar-refractivity contribution is -0.145. The van der Waals surface area contributed by atoms with Gasteiger partial charge in [0.1, 0.15) is 6.04 Å². The van der Waals surface area contributed by atoms with Crippen LogP contribution >= 0.6 is 0 Å². The summed E-state index contributed by atoms with van der Waals surface area (Å²) in [6.07, 6.45) is 5.67. The van der Waals surface area contributed by atoms with E-state index >= 15 is 0 Å². The molecule has 3 nitrogen and oxygen atoms in total. The van der Waals surface area contributed by atoms with Crippen molar-refractivity contribution in [3.8, 4) is 0 Å². The molecule has 0 radical (unpaired) electrons. The maximum atomic E-state index is 12.2. The van der Waals surface area contributed by atoms with Crippen LogP contribution in [-0.2, 0) is 16.0 Å². The Morgan fingerprint density at radius 3 is 2.85 bits per heavy atom. The van der Waals surface area contributed by atoms with Crippen LogP contribution in [0.25, 0.3) is 0 Å². The third kappa shape index (κ3) is 3.53. The molecule has 0 fully saturated rings. The van der Waals surface area contributed by atoms with E-state index < -0.39 is 0 Å². The number of hydrogen-bond donors (Lipinski definition) is 1. The molecule has 2 rings (SSSR count). The molecule has 2 atom stereocenters. The second-order valence-corrected chi connectivity index (χ2v) is 5.49. The number of anilines is 1. The number of benzene rings is 1. The van der Waals surface area contributed by atoms with E-state index in [1.807, 2.05) is 19.1 Å². The number of carbonyl (C=O) groups excluding carboxylic acids is 1. The molecule has 20 heavy (non-hydrogen) atoms. The number of ether oxygens (including phenoxy) is 1. The second-order valence-electron chi connectivity index (χ2n) is 5.49. The number of esters is 1. The minimum atomic E-state index is -0.193. The highest BCUT2D eigenvalue weighted by atomic mass is 16.5. The third-order valence-electron chi connectivity index (χ3n) is 4.00. The molecule has 1 aliphatic rings. The van der Waals surface area contributed by atoms with E-state index in [1.54, 1.807) is 0 Å². The predicted octanol–water partition coefficient (Wildman–Crippen LogP) is 3.78. The molecule has 0 saturated heterocycles. The maximum absolute atomic E-state index is 12.2. The fraction of sp³-hybridized carbons (Fsp3) is 0.588. The van der Waals surface area contributed by atoms with Crippen molar-refractivity contribution in [1.82, 2.24) is 0 Å². The molecule has 1 heterocycles. The number of para-hydroxylation sites is 1. The normalized spacial score (nSPS) is 20.9. The Morgan fingerprint density at radius 1 is 1.30 bits per heavy atom. The summed E-state index contributed by atoms with van der Waals surface area (Å²) in [5.41, 5.74) is 2.40. The van der Waals surface area contributed by atoms with Gasteiger partial charge in [-0.3, -0.25) is 0 Å². The van der Waals surface area contributed by atoms with Crippen LogP contribution in [0.15, 0.2) is 24.3 Å². The van der Waals surface area contributed by atoms with Crippen molar-refractivity contribution in [3.05, 3.63) is 29.8 Å². The fourth-order valence-corrected chi connectivity index (χ4v) is 2.93. The van der Waals surface area contributed by atoms with Gasteiger partial charge >= 0.3 is 5.97 Å². The van der Waals surface area contributed by atoms with Gasteiger partial charge in [0.25, 0.3) is 0 Å². The quantitative estimate of drug-likeness (QED) is 0.634. The molecule has 1 aromatic carbocycles. The Bertz CT molecular complexity index is 444. The van der Waals surface area contributed by atoms with E-state index in [1.165, 1.54) is 24.8 Å². The Kier molecular flexibility index (Phi) is 5.45. The van der Waals surface area contributed by atoms with Crippen molar-refractivity contribution >= 4 is 11.7 Å². The zero-order valence-corrected chi connectivity index (χ0v) is 12.5. The first-order valence-corrected chi connectivity index (χ1v) is 7.77. The van der Waals surface area contributed by atoms with Crippen molar-refractivity contribution in [3.63, 3.8) is 0 Å². The summed E-state index contributed by atoms with van der Waals surface area (Å²) in [6.45, 7) is 4.51. The molecule has 0 aromatic heterocycles. The highest BCUT2D eigenvalue weighted by Crippen LogP contribution is 2.31. The van der Waals surface area contributed by atoms with Gasteiger partial charge in [0.15, 0.2) is 0 Å². The molecular formula is C17H25NO2. The number of carbonyl (C=O) groups is 1. The molecule has 3 heteroatoms. The van der Waals surface area contributed by atoms with Gasteiger partial charge in [-0.05, 0) is 37.3 Å². The first-order chi connectivity index (χ1) is 9.76. The van der Waals surface area contributed by atoms with Crippen molar-refractivity contribution in [2.45, 2.75) is 52.0 Å². The lowest BCUT2D eigenvalue weighted by Crippen LogP contribution is -2.42. The summed E-state index contributed by atoms with van der Waals surface area (Å²) in [6, 6.07) is 8.07. The lowest BCUT2D eigenvalue weighted by atomic mass is 9.83. The maximum Gasteiger partial charge on any atom is 0.328 e. The van der Waals surface area contributed by atoms with Gasteiger partial charge in [-0.25, -0.2) is 4.79 Å².